The Kier molecular flexibility index (Phi) is 5.47. The molecule has 0 spiro atoms. The Morgan fingerprint density at radius 2 is 1.83 bits per heavy atom. The van der Waals surface area contributed by atoms with Crippen LogP contribution in [0.4, 0.5) is 0 Å². The molecule has 0 radical (unpaired) electrons. The molecular weight excluding hydrogens is 296 g/mol. The highest BCUT2D eigenvalue weighted by Gasteiger charge is 2.55. The highest BCUT2D eigenvalue weighted by atomic mass is 16.3. The first-order valence-electron chi connectivity index (χ1n) is 10.4. The van der Waals surface area contributed by atoms with Gasteiger partial charge in [-0.2, -0.15) is 0 Å². The standard InChI is InChI=1S/C19H30O.C3H8O/c1-18-9-3-4-16(18)15-6-5-13-12-14(20)7-11-19(13,2)17(15)8-10-18;1-2-3-4/h5,14-17,20H,3-4,6-12H2,1-2H3;4H,2-3H2,1H3/t14?,15?,16?,17?,18?,19-;/m0./s1. The third-order valence-corrected chi connectivity index (χ3v) is 8.08. The van der Waals surface area contributed by atoms with Crippen LogP contribution in [0.2, 0.25) is 0 Å². The van der Waals surface area contributed by atoms with Crippen molar-refractivity contribution in [2.24, 2.45) is 28.6 Å². The van der Waals surface area contributed by atoms with Gasteiger partial charge in [-0.15, -0.1) is 0 Å². The molecule has 2 heteroatoms. The number of rotatable bonds is 1. The first-order valence-corrected chi connectivity index (χ1v) is 10.4. The predicted molar refractivity (Wildman–Crippen MR) is 99.7 cm³/mol. The molecular formula is C22H38O2. The highest BCUT2D eigenvalue weighted by Crippen LogP contribution is 2.64. The van der Waals surface area contributed by atoms with Crippen LogP contribution >= 0.6 is 0 Å². The first kappa shape index (κ1) is 18.5. The van der Waals surface area contributed by atoms with Crippen LogP contribution in [-0.4, -0.2) is 22.9 Å². The van der Waals surface area contributed by atoms with Crippen molar-refractivity contribution in [1.29, 1.82) is 0 Å². The van der Waals surface area contributed by atoms with Crippen LogP contribution in [0.15, 0.2) is 11.6 Å². The van der Waals surface area contributed by atoms with Gasteiger partial charge >= 0.3 is 0 Å². The molecule has 138 valence electrons. The number of hydrogen-bond donors (Lipinski definition) is 2. The number of hydrogen-bond acceptors (Lipinski definition) is 2. The van der Waals surface area contributed by atoms with E-state index in [0.717, 1.165) is 37.0 Å². The van der Waals surface area contributed by atoms with E-state index >= 15 is 0 Å². The second-order valence-corrected chi connectivity index (χ2v) is 9.46. The Morgan fingerprint density at radius 3 is 2.54 bits per heavy atom. The zero-order valence-corrected chi connectivity index (χ0v) is 16.1. The van der Waals surface area contributed by atoms with Crippen LogP contribution in [-0.2, 0) is 0 Å². The first-order chi connectivity index (χ1) is 11.4. The van der Waals surface area contributed by atoms with Crippen LogP contribution < -0.4 is 0 Å². The molecule has 6 atom stereocenters. The SMILES string of the molecule is CC12CCCC1C1CC=C3CC(O)CC[C@]3(C)C1CC2.CCCO. The molecule has 0 aromatic rings. The summed E-state index contributed by atoms with van der Waals surface area (Å²) in [4.78, 5) is 0. The van der Waals surface area contributed by atoms with Crippen LogP contribution in [0.3, 0.4) is 0 Å². The van der Waals surface area contributed by atoms with Crippen LogP contribution in [0.5, 0.6) is 0 Å². The largest absolute Gasteiger partial charge is 0.396 e. The van der Waals surface area contributed by atoms with E-state index in [-0.39, 0.29) is 6.10 Å². The van der Waals surface area contributed by atoms with Gasteiger partial charge in [0.1, 0.15) is 0 Å². The van der Waals surface area contributed by atoms with E-state index in [1.54, 1.807) is 5.57 Å². The number of allylic oxidation sites excluding steroid dienone is 1. The third-order valence-electron chi connectivity index (χ3n) is 8.08. The topological polar surface area (TPSA) is 40.5 Å². The van der Waals surface area contributed by atoms with E-state index in [4.69, 9.17) is 5.11 Å². The molecule has 3 saturated carbocycles. The normalized spacial score (nSPS) is 46.8. The summed E-state index contributed by atoms with van der Waals surface area (Å²) in [6.45, 7) is 7.35. The Bertz CT molecular complexity index is 469. The van der Waals surface area contributed by atoms with Gasteiger partial charge in [-0.3, -0.25) is 0 Å². The maximum Gasteiger partial charge on any atom is 0.0577 e. The molecule has 0 amide bonds. The quantitative estimate of drug-likeness (QED) is 0.656. The highest BCUT2D eigenvalue weighted by molar-refractivity contribution is 5.25. The van der Waals surface area contributed by atoms with E-state index in [1.807, 2.05) is 6.92 Å². The molecule has 5 unspecified atom stereocenters. The van der Waals surface area contributed by atoms with Gasteiger partial charge in [0.15, 0.2) is 0 Å². The summed E-state index contributed by atoms with van der Waals surface area (Å²) in [6.07, 6.45) is 15.2. The number of aliphatic hydroxyl groups is 2. The van der Waals surface area contributed by atoms with Crippen molar-refractivity contribution in [3.8, 4) is 0 Å². The molecule has 0 bridgehead atoms. The van der Waals surface area contributed by atoms with Crippen molar-refractivity contribution in [3.05, 3.63) is 11.6 Å². The third kappa shape index (κ3) is 3.09. The Morgan fingerprint density at radius 1 is 1.08 bits per heavy atom. The van der Waals surface area contributed by atoms with Crippen molar-refractivity contribution in [3.63, 3.8) is 0 Å². The van der Waals surface area contributed by atoms with Crippen molar-refractivity contribution in [1.82, 2.24) is 0 Å². The van der Waals surface area contributed by atoms with Gasteiger partial charge in [0.25, 0.3) is 0 Å². The maximum absolute atomic E-state index is 10.0. The molecule has 2 N–H and O–H groups in total. The molecule has 0 aromatic heterocycles. The fraction of sp³-hybridized carbons (Fsp3) is 0.909. The van der Waals surface area contributed by atoms with Crippen molar-refractivity contribution >= 4 is 0 Å². The molecule has 0 aromatic carbocycles. The summed E-state index contributed by atoms with van der Waals surface area (Å²) in [7, 11) is 0. The fourth-order valence-corrected chi connectivity index (χ4v) is 6.63. The Hall–Kier alpha value is -0.340. The molecule has 2 nitrogen and oxygen atoms in total. The van der Waals surface area contributed by atoms with Gasteiger partial charge < -0.3 is 10.2 Å². The van der Waals surface area contributed by atoms with Gasteiger partial charge in [0.2, 0.25) is 0 Å². The smallest absolute Gasteiger partial charge is 0.0577 e. The molecule has 3 fully saturated rings. The molecule has 0 aliphatic heterocycles. The molecule has 4 aliphatic carbocycles. The van der Waals surface area contributed by atoms with Crippen LogP contribution in [0, 0.1) is 28.6 Å². The molecule has 0 heterocycles. The zero-order valence-electron chi connectivity index (χ0n) is 16.1. The average Bonchev–Trinajstić information content (AvgIpc) is 2.97. The number of fused-ring (bicyclic) bond motifs is 5. The summed E-state index contributed by atoms with van der Waals surface area (Å²) in [6, 6.07) is 0. The van der Waals surface area contributed by atoms with E-state index in [0.29, 0.717) is 17.4 Å². The van der Waals surface area contributed by atoms with E-state index < -0.39 is 0 Å². The van der Waals surface area contributed by atoms with Gasteiger partial charge in [-0.1, -0.05) is 38.8 Å². The van der Waals surface area contributed by atoms with Gasteiger partial charge in [-0.05, 0) is 86.4 Å². The average molecular weight is 335 g/mol. The molecule has 0 saturated heterocycles. The molecule has 4 rings (SSSR count). The Labute approximate surface area is 148 Å². The lowest BCUT2D eigenvalue weighted by Crippen LogP contribution is -2.49. The monoisotopic (exact) mass is 334 g/mol. The van der Waals surface area contributed by atoms with E-state index in [1.165, 1.54) is 44.9 Å². The zero-order chi connectivity index (χ0) is 17.4. The minimum atomic E-state index is -0.0637. The maximum atomic E-state index is 10.0. The summed E-state index contributed by atoms with van der Waals surface area (Å²) in [5.74, 6) is 2.84. The van der Waals surface area contributed by atoms with Gasteiger partial charge in [0.05, 0.1) is 6.10 Å². The van der Waals surface area contributed by atoms with E-state index in [2.05, 4.69) is 19.9 Å². The minimum Gasteiger partial charge on any atom is -0.396 e. The molecule has 24 heavy (non-hydrogen) atoms. The van der Waals surface area contributed by atoms with Gasteiger partial charge in [0, 0.05) is 6.61 Å². The lowest BCUT2D eigenvalue weighted by atomic mass is 9.48. The summed E-state index contributed by atoms with van der Waals surface area (Å²) >= 11 is 0. The lowest BCUT2D eigenvalue weighted by Gasteiger charge is -2.57. The van der Waals surface area contributed by atoms with Crippen molar-refractivity contribution < 1.29 is 10.2 Å². The lowest BCUT2D eigenvalue weighted by molar-refractivity contribution is -0.0360. The van der Waals surface area contributed by atoms with E-state index in [9.17, 15) is 5.11 Å². The van der Waals surface area contributed by atoms with Crippen molar-refractivity contribution in [2.75, 3.05) is 6.61 Å². The van der Waals surface area contributed by atoms with Crippen LogP contribution in [0.25, 0.3) is 0 Å². The van der Waals surface area contributed by atoms with Crippen LogP contribution in [0.1, 0.15) is 85.0 Å². The summed E-state index contributed by atoms with van der Waals surface area (Å²) in [5, 5.41) is 17.9. The van der Waals surface area contributed by atoms with Gasteiger partial charge in [-0.25, -0.2) is 0 Å². The number of aliphatic hydroxyl groups excluding tert-OH is 2. The summed E-state index contributed by atoms with van der Waals surface area (Å²) < 4.78 is 0. The summed E-state index contributed by atoms with van der Waals surface area (Å²) in [5.41, 5.74) is 2.70. The predicted octanol–water partition coefficient (Wildman–Crippen LogP) is 5.09. The second kappa shape index (κ2) is 7.11. The van der Waals surface area contributed by atoms with Crippen molar-refractivity contribution in [2.45, 2.75) is 91.1 Å². The fourth-order valence-electron chi connectivity index (χ4n) is 6.63. The Balaban J connectivity index is 0.000000383. The second-order valence-electron chi connectivity index (χ2n) is 9.46. The molecule has 4 aliphatic rings. The minimum absolute atomic E-state index is 0.0637.